The maximum absolute atomic E-state index is 12.6. The second kappa shape index (κ2) is 14.3. The maximum atomic E-state index is 12.6. The molecule has 1 saturated carbocycles. The molecule has 18 nitrogen and oxygen atoms in total. The Morgan fingerprint density at radius 2 is 1.45 bits per heavy atom. The Labute approximate surface area is 229 Å². The van der Waals surface area contributed by atoms with Gasteiger partial charge in [0.15, 0.2) is 12.6 Å². The van der Waals surface area contributed by atoms with E-state index in [-0.39, 0.29) is 25.9 Å². The lowest BCUT2D eigenvalue weighted by molar-refractivity contribution is -0.332. The first-order chi connectivity index (χ1) is 18.9. The Balaban J connectivity index is 1.85. The van der Waals surface area contributed by atoms with Crippen LogP contribution in [0.3, 0.4) is 0 Å². The van der Waals surface area contributed by atoms with Crippen molar-refractivity contribution < 1.29 is 64.6 Å². The van der Waals surface area contributed by atoms with Gasteiger partial charge in [-0.25, -0.2) is 0 Å². The molecule has 2 aliphatic heterocycles. The summed E-state index contributed by atoms with van der Waals surface area (Å²) in [4.78, 5) is 12.6. The molecule has 17 N–H and O–H groups in total. The first-order valence-electron chi connectivity index (χ1n) is 13.1. The SMILES string of the molecule is NCC[C@H](O)C(=O)N[C@H]1C[C@@H](N)[C@H](O[C@H]2OC(CO)[C@@H](O)[C@H](N)C2O)C(O)C1O[C@H]1OC(CN)[C@@H](O)C(O)C1O. The standard InChI is InChI=1S/C22H43N5O13/c23-2-1-8(29)20(36)27-7-3-6(25)18(39-21-14(32)11(26)12(30)10(5-28)38-21)17(35)19(7)40-22-16(34)15(33)13(31)9(4-24)37-22/h6-19,21-22,28-35H,1-5,23-26H2,(H,27,36)/t6-,7+,8+,9?,10?,11+,12-,13-,14?,15?,16?,17?,18+,19?,21-,22-/m1/s1. The normalized spacial score (nSPS) is 47.0. The molecule has 1 aliphatic carbocycles. The summed E-state index contributed by atoms with van der Waals surface area (Å²) in [5.74, 6) is -0.847. The molecule has 40 heavy (non-hydrogen) atoms. The molecule has 3 rings (SSSR count). The second-order valence-electron chi connectivity index (χ2n) is 10.3. The number of nitrogens with one attached hydrogen (secondary N) is 1. The predicted molar refractivity (Wildman–Crippen MR) is 131 cm³/mol. The Hall–Kier alpha value is -1.17. The van der Waals surface area contributed by atoms with Crippen LogP contribution in [0.1, 0.15) is 12.8 Å². The van der Waals surface area contributed by atoms with Crippen molar-refractivity contribution in [2.45, 2.75) is 111 Å². The van der Waals surface area contributed by atoms with Crippen LogP contribution in [0, 0.1) is 0 Å². The minimum atomic E-state index is -1.80. The maximum Gasteiger partial charge on any atom is 0.249 e. The van der Waals surface area contributed by atoms with Crippen molar-refractivity contribution in [2.75, 3.05) is 19.7 Å². The fourth-order valence-electron chi connectivity index (χ4n) is 5.07. The third-order valence-electron chi connectivity index (χ3n) is 7.51. The lowest BCUT2D eigenvalue weighted by Crippen LogP contribution is -2.69. The average molecular weight is 586 g/mol. The molecule has 2 heterocycles. The van der Waals surface area contributed by atoms with Crippen LogP contribution in [-0.4, -0.2) is 164 Å². The van der Waals surface area contributed by atoms with Crippen molar-refractivity contribution in [2.24, 2.45) is 22.9 Å². The highest BCUT2D eigenvalue weighted by Crippen LogP contribution is 2.32. The lowest BCUT2D eigenvalue weighted by atomic mass is 9.83. The van der Waals surface area contributed by atoms with Crippen molar-refractivity contribution >= 4 is 5.91 Å². The van der Waals surface area contributed by atoms with Crippen LogP contribution in [0.5, 0.6) is 0 Å². The van der Waals surface area contributed by atoms with Gasteiger partial charge in [0.1, 0.15) is 67.1 Å². The highest BCUT2D eigenvalue weighted by atomic mass is 16.7. The minimum absolute atomic E-state index is 0.00934. The number of carbonyl (C=O) groups is 1. The monoisotopic (exact) mass is 585 g/mol. The van der Waals surface area contributed by atoms with E-state index in [1.54, 1.807) is 0 Å². The summed E-state index contributed by atoms with van der Waals surface area (Å²) in [5, 5.41) is 84.9. The number of rotatable bonds is 10. The Bertz CT molecular complexity index is 815. The first kappa shape index (κ1) is 33.3. The fraction of sp³-hybridized carbons (Fsp3) is 0.955. The molecule has 0 aromatic heterocycles. The summed E-state index contributed by atoms with van der Waals surface area (Å²) < 4.78 is 22.5. The summed E-state index contributed by atoms with van der Waals surface area (Å²) in [6.07, 6.45) is -19.9. The van der Waals surface area contributed by atoms with E-state index in [4.69, 9.17) is 41.9 Å². The summed E-state index contributed by atoms with van der Waals surface area (Å²) in [7, 11) is 0. The Kier molecular flexibility index (Phi) is 11.9. The molecule has 16 atom stereocenters. The van der Waals surface area contributed by atoms with E-state index in [1.165, 1.54) is 0 Å². The van der Waals surface area contributed by atoms with Crippen molar-refractivity contribution in [3.63, 3.8) is 0 Å². The minimum Gasteiger partial charge on any atom is -0.394 e. The summed E-state index contributed by atoms with van der Waals surface area (Å²) in [6, 6.07) is -3.42. The second-order valence-corrected chi connectivity index (χ2v) is 10.3. The number of ether oxygens (including phenoxy) is 4. The van der Waals surface area contributed by atoms with Crippen LogP contribution < -0.4 is 28.3 Å². The van der Waals surface area contributed by atoms with E-state index in [0.29, 0.717) is 0 Å². The van der Waals surface area contributed by atoms with Crippen molar-refractivity contribution in [1.29, 1.82) is 0 Å². The van der Waals surface area contributed by atoms with E-state index in [2.05, 4.69) is 5.32 Å². The third-order valence-corrected chi connectivity index (χ3v) is 7.51. The highest BCUT2D eigenvalue weighted by Gasteiger charge is 2.52. The number of aliphatic hydroxyl groups excluding tert-OH is 8. The van der Waals surface area contributed by atoms with Gasteiger partial charge in [0, 0.05) is 12.6 Å². The number of hydrogen-bond donors (Lipinski definition) is 13. The van der Waals surface area contributed by atoms with Crippen LogP contribution >= 0.6 is 0 Å². The Morgan fingerprint density at radius 3 is 2.05 bits per heavy atom. The van der Waals surface area contributed by atoms with Gasteiger partial charge in [-0.3, -0.25) is 4.79 Å². The van der Waals surface area contributed by atoms with Gasteiger partial charge in [0.25, 0.3) is 0 Å². The molecule has 0 radical (unpaired) electrons. The molecule has 3 fully saturated rings. The topological polar surface area (TPSA) is 332 Å². The smallest absolute Gasteiger partial charge is 0.249 e. The zero-order valence-corrected chi connectivity index (χ0v) is 21.7. The molecule has 0 bridgehead atoms. The number of nitrogens with two attached hydrogens (primary N) is 4. The largest absolute Gasteiger partial charge is 0.394 e. The molecule has 1 amide bonds. The van der Waals surface area contributed by atoms with Crippen molar-refractivity contribution in [3.8, 4) is 0 Å². The average Bonchev–Trinajstić information content (AvgIpc) is 2.92. The van der Waals surface area contributed by atoms with Crippen LogP contribution in [0.25, 0.3) is 0 Å². The quantitative estimate of drug-likeness (QED) is 0.113. The van der Waals surface area contributed by atoms with Gasteiger partial charge < -0.3 is 88.1 Å². The molecule has 0 aromatic rings. The van der Waals surface area contributed by atoms with E-state index < -0.39 is 110 Å². The zero-order valence-electron chi connectivity index (χ0n) is 21.7. The number of amides is 1. The van der Waals surface area contributed by atoms with Gasteiger partial charge in [0.2, 0.25) is 5.91 Å². The molecule has 18 heteroatoms. The summed E-state index contributed by atoms with van der Waals surface area (Å²) >= 11 is 0. The van der Waals surface area contributed by atoms with E-state index in [1.807, 2.05) is 0 Å². The lowest BCUT2D eigenvalue weighted by Gasteiger charge is -2.49. The van der Waals surface area contributed by atoms with Crippen LogP contribution in [0.15, 0.2) is 0 Å². The van der Waals surface area contributed by atoms with Crippen LogP contribution in [-0.2, 0) is 23.7 Å². The summed E-state index contributed by atoms with van der Waals surface area (Å²) in [6.45, 7) is -0.899. The molecule has 234 valence electrons. The molecule has 2 saturated heterocycles. The van der Waals surface area contributed by atoms with Crippen LogP contribution in [0.2, 0.25) is 0 Å². The molecular formula is C22H43N5O13. The van der Waals surface area contributed by atoms with E-state index in [9.17, 15) is 45.6 Å². The molecular weight excluding hydrogens is 542 g/mol. The Morgan fingerprint density at radius 1 is 0.850 bits per heavy atom. The van der Waals surface area contributed by atoms with Crippen LogP contribution in [0.4, 0.5) is 0 Å². The van der Waals surface area contributed by atoms with E-state index >= 15 is 0 Å². The number of hydrogen-bond acceptors (Lipinski definition) is 17. The van der Waals surface area contributed by atoms with Gasteiger partial charge >= 0.3 is 0 Å². The molecule has 3 aliphatic rings. The third kappa shape index (κ3) is 7.06. The summed E-state index contributed by atoms with van der Waals surface area (Å²) in [5.41, 5.74) is 23.1. The zero-order chi connectivity index (χ0) is 29.9. The predicted octanol–water partition coefficient (Wildman–Crippen LogP) is -8.42. The van der Waals surface area contributed by atoms with Gasteiger partial charge in [-0.15, -0.1) is 0 Å². The molecule has 7 unspecified atom stereocenters. The molecule has 0 spiro atoms. The highest BCUT2D eigenvalue weighted by molar-refractivity contribution is 5.80. The first-order valence-corrected chi connectivity index (χ1v) is 13.1. The van der Waals surface area contributed by atoms with Gasteiger partial charge in [-0.2, -0.15) is 0 Å². The van der Waals surface area contributed by atoms with Crippen molar-refractivity contribution in [1.82, 2.24) is 5.32 Å². The fourth-order valence-corrected chi connectivity index (χ4v) is 5.07. The van der Waals surface area contributed by atoms with Crippen molar-refractivity contribution in [3.05, 3.63) is 0 Å². The van der Waals surface area contributed by atoms with Gasteiger partial charge in [-0.05, 0) is 19.4 Å². The number of aliphatic hydroxyl groups is 8. The van der Waals surface area contributed by atoms with E-state index in [0.717, 1.165) is 0 Å². The molecule has 0 aromatic carbocycles. The van der Waals surface area contributed by atoms with Gasteiger partial charge in [-0.1, -0.05) is 0 Å². The van der Waals surface area contributed by atoms with Gasteiger partial charge in [0.05, 0.1) is 18.7 Å². The number of carbonyl (C=O) groups excluding carboxylic acids is 1.